The number of methoxy groups -OCH3 is 2. The summed E-state index contributed by atoms with van der Waals surface area (Å²) >= 11 is 0. The molecule has 0 spiro atoms. The Bertz CT molecular complexity index is 893. The third kappa shape index (κ3) is 5.20. The molecule has 1 N–H and O–H groups in total. The molecule has 156 valence electrons. The van der Waals surface area contributed by atoms with Gasteiger partial charge in [-0.2, -0.15) is 0 Å². The van der Waals surface area contributed by atoms with E-state index in [4.69, 9.17) is 9.47 Å². The Kier molecular flexibility index (Phi) is 7.12. The summed E-state index contributed by atoms with van der Waals surface area (Å²) in [6.07, 6.45) is 1.08. The minimum atomic E-state index is -0.397. The van der Waals surface area contributed by atoms with Gasteiger partial charge in [0.1, 0.15) is 11.5 Å². The summed E-state index contributed by atoms with van der Waals surface area (Å²) in [6, 6.07) is 26.2. The van der Waals surface area contributed by atoms with Crippen LogP contribution in [0.2, 0.25) is 0 Å². The zero-order chi connectivity index (χ0) is 21.4. The van der Waals surface area contributed by atoms with Crippen LogP contribution in [0, 0.1) is 0 Å². The van der Waals surface area contributed by atoms with Crippen molar-refractivity contribution in [3.05, 3.63) is 95.6 Å². The van der Waals surface area contributed by atoms with Crippen LogP contribution in [0.1, 0.15) is 30.0 Å². The fourth-order valence-corrected chi connectivity index (χ4v) is 3.72. The molecule has 0 fully saturated rings. The van der Waals surface area contributed by atoms with Crippen LogP contribution in [0.5, 0.6) is 11.5 Å². The molecule has 0 bridgehead atoms. The van der Waals surface area contributed by atoms with Crippen molar-refractivity contribution in [1.82, 2.24) is 5.32 Å². The molecule has 0 atom stereocenters. The second kappa shape index (κ2) is 9.97. The van der Waals surface area contributed by atoms with Crippen LogP contribution in [0.3, 0.4) is 0 Å². The molecule has 0 aliphatic carbocycles. The summed E-state index contributed by atoms with van der Waals surface area (Å²) in [6.45, 7) is 2.68. The Labute approximate surface area is 178 Å². The van der Waals surface area contributed by atoms with Crippen LogP contribution in [-0.4, -0.2) is 26.7 Å². The summed E-state index contributed by atoms with van der Waals surface area (Å²) in [5.74, 6) is 1.52. The van der Waals surface area contributed by atoms with Gasteiger partial charge in [-0.25, -0.2) is 0 Å². The molecular formula is C26H29NO3. The number of hydrogen-bond acceptors (Lipinski definition) is 3. The monoisotopic (exact) mass is 403 g/mol. The topological polar surface area (TPSA) is 47.6 Å². The average Bonchev–Trinajstić information content (AvgIpc) is 2.79. The van der Waals surface area contributed by atoms with E-state index in [0.717, 1.165) is 28.2 Å². The fourth-order valence-electron chi connectivity index (χ4n) is 3.72. The molecule has 0 radical (unpaired) electrons. The van der Waals surface area contributed by atoms with E-state index in [1.807, 2.05) is 54.6 Å². The predicted octanol–water partition coefficient (Wildman–Crippen LogP) is 4.76. The molecule has 30 heavy (non-hydrogen) atoms. The Morgan fingerprint density at radius 1 is 0.833 bits per heavy atom. The molecule has 3 rings (SSSR count). The standard InChI is InChI=1S/C26H29NO3/c1-26(21-10-6-4-7-11-21,22-12-8-5-9-13-22)19-25(28)27-15-14-20-16-23(29-2)18-24(17-20)30-3/h4-13,16-18H,14-15,19H2,1-3H3,(H,27,28). The molecule has 0 saturated heterocycles. The molecule has 4 nitrogen and oxygen atoms in total. The van der Waals surface area contributed by atoms with Gasteiger partial charge < -0.3 is 14.8 Å². The first-order chi connectivity index (χ1) is 14.5. The van der Waals surface area contributed by atoms with E-state index in [1.54, 1.807) is 14.2 Å². The molecule has 0 aromatic heterocycles. The lowest BCUT2D eigenvalue weighted by Gasteiger charge is -2.30. The number of amides is 1. The molecule has 3 aromatic rings. The van der Waals surface area contributed by atoms with Crippen LogP contribution in [-0.2, 0) is 16.6 Å². The third-order valence-electron chi connectivity index (χ3n) is 5.48. The maximum absolute atomic E-state index is 12.9. The SMILES string of the molecule is COc1cc(CCNC(=O)CC(C)(c2ccccc2)c2ccccc2)cc(OC)c1. The highest BCUT2D eigenvalue weighted by atomic mass is 16.5. The number of ether oxygens (including phenoxy) is 2. The molecule has 4 heteroatoms. The summed E-state index contributed by atoms with van der Waals surface area (Å²) in [7, 11) is 3.27. The van der Waals surface area contributed by atoms with E-state index < -0.39 is 5.41 Å². The van der Waals surface area contributed by atoms with Crippen molar-refractivity contribution in [1.29, 1.82) is 0 Å². The highest BCUT2D eigenvalue weighted by Crippen LogP contribution is 2.35. The van der Waals surface area contributed by atoms with Gasteiger partial charge in [0.05, 0.1) is 14.2 Å². The number of carbonyl (C=O) groups is 1. The Hall–Kier alpha value is -3.27. The van der Waals surface area contributed by atoms with E-state index >= 15 is 0 Å². The van der Waals surface area contributed by atoms with Crippen LogP contribution in [0.25, 0.3) is 0 Å². The maximum Gasteiger partial charge on any atom is 0.221 e. The van der Waals surface area contributed by atoms with Crippen molar-refractivity contribution in [2.75, 3.05) is 20.8 Å². The summed E-state index contributed by atoms with van der Waals surface area (Å²) in [5, 5.41) is 3.08. The third-order valence-corrected chi connectivity index (χ3v) is 5.48. The van der Waals surface area contributed by atoms with Gasteiger partial charge in [-0.05, 0) is 35.2 Å². The van der Waals surface area contributed by atoms with Gasteiger partial charge in [0.15, 0.2) is 0 Å². The first-order valence-corrected chi connectivity index (χ1v) is 10.1. The van der Waals surface area contributed by atoms with Crippen molar-refractivity contribution in [2.45, 2.75) is 25.2 Å². The van der Waals surface area contributed by atoms with Gasteiger partial charge in [-0.15, -0.1) is 0 Å². The lowest BCUT2D eigenvalue weighted by Crippen LogP contribution is -2.34. The Morgan fingerprint density at radius 2 is 1.33 bits per heavy atom. The van der Waals surface area contributed by atoms with Gasteiger partial charge in [0.25, 0.3) is 0 Å². The maximum atomic E-state index is 12.9. The normalized spacial score (nSPS) is 11.0. The lowest BCUT2D eigenvalue weighted by molar-refractivity contribution is -0.121. The number of benzene rings is 3. The van der Waals surface area contributed by atoms with Crippen LogP contribution in [0.15, 0.2) is 78.9 Å². The molecule has 0 aliphatic rings. The molecule has 1 amide bonds. The van der Waals surface area contributed by atoms with Gasteiger partial charge in [-0.1, -0.05) is 67.6 Å². The minimum absolute atomic E-state index is 0.0278. The molecule has 0 saturated carbocycles. The zero-order valence-electron chi connectivity index (χ0n) is 17.9. The minimum Gasteiger partial charge on any atom is -0.497 e. The van der Waals surface area contributed by atoms with Crippen LogP contribution in [0.4, 0.5) is 0 Å². The molecule has 0 unspecified atom stereocenters. The van der Waals surface area contributed by atoms with Crippen molar-refractivity contribution >= 4 is 5.91 Å². The number of rotatable bonds is 9. The summed E-state index contributed by atoms with van der Waals surface area (Å²) in [5.41, 5.74) is 2.92. The smallest absolute Gasteiger partial charge is 0.221 e. The van der Waals surface area contributed by atoms with Crippen LogP contribution < -0.4 is 14.8 Å². The van der Waals surface area contributed by atoms with Gasteiger partial charge in [0.2, 0.25) is 5.91 Å². The number of hydrogen-bond donors (Lipinski definition) is 1. The number of nitrogens with one attached hydrogen (secondary N) is 1. The molecular weight excluding hydrogens is 374 g/mol. The largest absolute Gasteiger partial charge is 0.497 e. The van der Waals surface area contributed by atoms with Crippen molar-refractivity contribution in [2.24, 2.45) is 0 Å². The molecule has 0 aliphatic heterocycles. The highest BCUT2D eigenvalue weighted by Gasteiger charge is 2.31. The van der Waals surface area contributed by atoms with Gasteiger partial charge >= 0.3 is 0 Å². The van der Waals surface area contributed by atoms with E-state index in [2.05, 4.69) is 36.5 Å². The first kappa shape index (κ1) is 21.4. The second-order valence-electron chi connectivity index (χ2n) is 7.56. The number of carbonyl (C=O) groups excluding carboxylic acids is 1. The molecule has 0 heterocycles. The van der Waals surface area contributed by atoms with Crippen molar-refractivity contribution < 1.29 is 14.3 Å². The summed E-state index contributed by atoms with van der Waals surface area (Å²) in [4.78, 5) is 12.9. The second-order valence-corrected chi connectivity index (χ2v) is 7.56. The predicted molar refractivity (Wildman–Crippen MR) is 120 cm³/mol. The fraction of sp³-hybridized carbons (Fsp3) is 0.269. The summed E-state index contributed by atoms with van der Waals surface area (Å²) < 4.78 is 10.6. The lowest BCUT2D eigenvalue weighted by atomic mass is 9.73. The van der Waals surface area contributed by atoms with Crippen molar-refractivity contribution in [3.63, 3.8) is 0 Å². The average molecular weight is 404 g/mol. The van der Waals surface area contributed by atoms with Gasteiger partial charge in [0, 0.05) is 24.4 Å². The first-order valence-electron chi connectivity index (χ1n) is 10.1. The Balaban J connectivity index is 1.69. The van der Waals surface area contributed by atoms with E-state index in [-0.39, 0.29) is 5.91 Å². The quantitative estimate of drug-likeness (QED) is 0.560. The van der Waals surface area contributed by atoms with Gasteiger partial charge in [-0.3, -0.25) is 4.79 Å². The van der Waals surface area contributed by atoms with E-state index in [1.165, 1.54) is 0 Å². The van der Waals surface area contributed by atoms with Crippen molar-refractivity contribution in [3.8, 4) is 11.5 Å². The van der Waals surface area contributed by atoms with Crippen LogP contribution >= 0.6 is 0 Å². The van der Waals surface area contributed by atoms with E-state index in [9.17, 15) is 4.79 Å². The Morgan fingerprint density at radius 3 is 1.80 bits per heavy atom. The van der Waals surface area contributed by atoms with E-state index in [0.29, 0.717) is 19.4 Å². The highest BCUT2D eigenvalue weighted by molar-refractivity contribution is 5.78. The zero-order valence-corrected chi connectivity index (χ0v) is 17.9. The molecule has 3 aromatic carbocycles.